The van der Waals surface area contributed by atoms with Crippen LogP contribution < -0.4 is 10.6 Å². The van der Waals surface area contributed by atoms with Gasteiger partial charge in [-0.05, 0) is 54.4 Å². The lowest BCUT2D eigenvalue weighted by molar-refractivity contribution is 0.601. The molecule has 7 nitrogen and oxygen atoms in total. The Bertz CT molecular complexity index is 1180. The van der Waals surface area contributed by atoms with Crippen LogP contribution in [0.4, 0.5) is 4.39 Å². The molecule has 172 valence electrons. The van der Waals surface area contributed by atoms with Crippen LogP contribution >= 0.6 is 24.0 Å². The van der Waals surface area contributed by atoms with Crippen molar-refractivity contribution in [1.82, 2.24) is 20.4 Å². The van der Waals surface area contributed by atoms with E-state index >= 15 is 0 Å². The minimum Gasteiger partial charge on any atom is -0.356 e. The van der Waals surface area contributed by atoms with Crippen molar-refractivity contribution < 1.29 is 12.8 Å². The summed E-state index contributed by atoms with van der Waals surface area (Å²) < 4.78 is 38.3. The standard InChI is InChI=1S/C22H26FN5O2S.HI/c1-16-14-17(4-9-21(16)31(3,29)30)15-26-22(24-2)25-12-10-19-11-13-28(27-19)20-7-5-18(23)6-8-20;/h4-9,11,13-14H,10,12,15H2,1-3H3,(H2,24,25,26);1H. The Morgan fingerprint density at radius 1 is 1.12 bits per heavy atom. The van der Waals surface area contributed by atoms with E-state index in [1.807, 2.05) is 18.3 Å². The molecule has 0 amide bonds. The third kappa shape index (κ3) is 7.02. The maximum atomic E-state index is 13.1. The van der Waals surface area contributed by atoms with Crippen LogP contribution in [-0.4, -0.2) is 44.0 Å². The summed E-state index contributed by atoms with van der Waals surface area (Å²) in [5.74, 6) is 0.364. The molecule has 1 aromatic heterocycles. The number of hydrogen-bond donors (Lipinski definition) is 2. The van der Waals surface area contributed by atoms with E-state index in [-0.39, 0.29) is 29.8 Å². The van der Waals surface area contributed by atoms with E-state index < -0.39 is 9.84 Å². The molecule has 3 aromatic rings. The van der Waals surface area contributed by atoms with Gasteiger partial charge in [0.2, 0.25) is 0 Å². The first-order valence-corrected chi connectivity index (χ1v) is 11.7. The van der Waals surface area contributed by atoms with Crippen LogP contribution in [0.3, 0.4) is 0 Å². The number of hydrogen-bond acceptors (Lipinski definition) is 4. The average molecular weight is 571 g/mol. The van der Waals surface area contributed by atoms with Crippen molar-refractivity contribution in [3.8, 4) is 5.69 Å². The molecule has 0 saturated heterocycles. The Kier molecular flexibility index (Phi) is 9.20. The summed E-state index contributed by atoms with van der Waals surface area (Å²) in [6.45, 7) is 2.94. The van der Waals surface area contributed by atoms with Gasteiger partial charge in [0, 0.05) is 39.0 Å². The maximum Gasteiger partial charge on any atom is 0.191 e. The number of aliphatic imine (C=N–C) groups is 1. The number of aryl methyl sites for hydroxylation is 1. The highest BCUT2D eigenvalue weighted by atomic mass is 127. The molecule has 0 aliphatic carbocycles. The minimum absolute atomic E-state index is 0. The number of rotatable bonds is 7. The van der Waals surface area contributed by atoms with E-state index in [0.29, 0.717) is 30.4 Å². The summed E-state index contributed by atoms with van der Waals surface area (Å²) >= 11 is 0. The largest absolute Gasteiger partial charge is 0.356 e. The van der Waals surface area contributed by atoms with Gasteiger partial charge in [0.05, 0.1) is 16.3 Å². The van der Waals surface area contributed by atoms with E-state index in [2.05, 4.69) is 20.7 Å². The highest BCUT2D eigenvalue weighted by Gasteiger charge is 2.11. The number of sulfone groups is 1. The molecule has 0 spiro atoms. The number of nitrogens with zero attached hydrogens (tertiary/aromatic N) is 3. The van der Waals surface area contributed by atoms with Gasteiger partial charge in [-0.25, -0.2) is 17.5 Å². The van der Waals surface area contributed by atoms with Gasteiger partial charge in [0.25, 0.3) is 0 Å². The van der Waals surface area contributed by atoms with Gasteiger partial charge < -0.3 is 10.6 Å². The van der Waals surface area contributed by atoms with E-state index in [9.17, 15) is 12.8 Å². The second-order valence-electron chi connectivity index (χ2n) is 7.20. The molecule has 0 bridgehead atoms. The molecule has 0 aliphatic heterocycles. The van der Waals surface area contributed by atoms with Crippen LogP contribution in [-0.2, 0) is 22.8 Å². The summed E-state index contributed by atoms with van der Waals surface area (Å²) in [7, 11) is -1.53. The number of benzene rings is 2. The number of halogens is 2. The molecule has 1 heterocycles. The quantitative estimate of drug-likeness (QED) is 0.258. The molecule has 0 aliphatic rings. The maximum absolute atomic E-state index is 13.1. The van der Waals surface area contributed by atoms with E-state index in [1.165, 1.54) is 18.4 Å². The second-order valence-corrected chi connectivity index (χ2v) is 9.19. The zero-order valence-electron chi connectivity index (χ0n) is 18.2. The summed E-state index contributed by atoms with van der Waals surface area (Å²) in [5.41, 5.74) is 3.39. The van der Waals surface area contributed by atoms with Crippen molar-refractivity contribution in [3.05, 3.63) is 77.4 Å². The predicted molar refractivity (Wildman–Crippen MR) is 135 cm³/mol. The summed E-state index contributed by atoms with van der Waals surface area (Å²) in [4.78, 5) is 4.56. The van der Waals surface area contributed by atoms with Crippen molar-refractivity contribution in [2.75, 3.05) is 19.8 Å². The first-order chi connectivity index (χ1) is 14.8. The van der Waals surface area contributed by atoms with E-state index in [1.54, 1.807) is 42.9 Å². The lowest BCUT2D eigenvalue weighted by Crippen LogP contribution is -2.37. The molecule has 0 radical (unpaired) electrons. The SMILES string of the molecule is CN=C(NCCc1ccn(-c2ccc(F)cc2)n1)NCc1ccc(S(C)(=O)=O)c(C)c1.I. The highest BCUT2D eigenvalue weighted by Crippen LogP contribution is 2.16. The molecule has 2 N–H and O–H groups in total. The first-order valence-electron chi connectivity index (χ1n) is 9.81. The van der Waals surface area contributed by atoms with Crippen molar-refractivity contribution in [1.29, 1.82) is 0 Å². The Labute approximate surface area is 205 Å². The minimum atomic E-state index is -3.22. The fraction of sp³-hybridized carbons (Fsp3) is 0.273. The summed E-state index contributed by atoms with van der Waals surface area (Å²) in [6, 6.07) is 13.4. The van der Waals surface area contributed by atoms with Gasteiger partial charge in [-0.15, -0.1) is 24.0 Å². The molecular formula is C22H27FIN5O2S. The molecule has 0 fully saturated rings. The van der Waals surface area contributed by atoms with E-state index in [4.69, 9.17) is 0 Å². The lowest BCUT2D eigenvalue weighted by Gasteiger charge is -2.12. The molecule has 32 heavy (non-hydrogen) atoms. The van der Waals surface area contributed by atoms with Crippen LogP contribution in [0.2, 0.25) is 0 Å². The van der Waals surface area contributed by atoms with Crippen molar-refractivity contribution in [2.45, 2.75) is 24.8 Å². The molecule has 2 aromatic carbocycles. The van der Waals surface area contributed by atoms with Crippen LogP contribution in [0.15, 0.2) is 64.6 Å². The fourth-order valence-electron chi connectivity index (χ4n) is 3.19. The van der Waals surface area contributed by atoms with Gasteiger partial charge >= 0.3 is 0 Å². The van der Waals surface area contributed by atoms with Crippen molar-refractivity contribution >= 4 is 39.8 Å². The summed E-state index contributed by atoms with van der Waals surface area (Å²) in [5, 5.41) is 11.0. The van der Waals surface area contributed by atoms with Crippen LogP contribution in [0, 0.1) is 12.7 Å². The van der Waals surface area contributed by atoms with Crippen molar-refractivity contribution in [2.24, 2.45) is 4.99 Å². The Morgan fingerprint density at radius 2 is 1.84 bits per heavy atom. The Balaban J connectivity index is 0.00000363. The number of guanidine groups is 1. The summed E-state index contributed by atoms with van der Waals surface area (Å²) in [6.07, 6.45) is 3.75. The molecule has 0 unspecified atom stereocenters. The fourth-order valence-corrected chi connectivity index (χ4v) is 4.14. The molecular weight excluding hydrogens is 544 g/mol. The Morgan fingerprint density at radius 3 is 2.47 bits per heavy atom. The van der Waals surface area contributed by atoms with E-state index in [0.717, 1.165) is 22.5 Å². The monoisotopic (exact) mass is 571 g/mol. The van der Waals surface area contributed by atoms with Gasteiger partial charge in [0.15, 0.2) is 15.8 Å². The first kappa shape index (κ1) is 25.8. The van der Waals surface area contributed by atoms with Crippen molar-refractivity contribution in [3.63, 3.8) is 0 Å². The molecule has 3 rings (SSSR count). The number of nitrogens with one attached hydrogen (secondary N) is 2. The lowest BCUT2D eigenvalue weighted by atomic mass is 10.1. The average Bonchev–Trinajstić information content (AvgIpc) is 3.19. The zero-order chi connectivity index (χ0) is 22.4. The third-order valence-corrected chi connectivity index (χ3v) is 5.99. The smallest absolute Gasteiger partial charge is 0.191 e. The molecule has 0 saturated carbocycles. The normalized spacial score (nSPS) is 11.7. The second kappa shape index (κ2) is 11.4. The zero-order valence-corrected chi connectivity index (χ0v) is 21.3. The van der Waals surface area contributed by atoms with Gasteiger partial charge in [-0.2, -0.15) is 5.10 Å². The van der Waals surface area contributed by atoms with Crippen LogP contribution in [0.5, 0.6) is 0 Å². The number of aromatic nitrogens is 2. The van der Waals surface area contributed by atoms with Crippen LogP contribution in [0.25, 0.3) is 5.69 Å². The third-order valence-electron chi connectivity index (χ3n) is 4.73. The van der Waals surface area contributed by atoms with Gasteiger partial charge in [-0.1, -0.05) is 12.1 Å². The van der Waals surface area contributed by atoms with Gasteiger partial charge in [0.1, 0.15) is 5.82 Å². The predicted octanol–water partition coefficient (Wildman–Crippen LogP) is 3.25. The molecule has 0 atom stereocenters. The molecule has 10 heteroatoms. The topological polar surface area (TPSA) is 88.4 Å². The van der Waals surface area contributed by atoms with Crippen LogP contribution in [0.1, 0.15) is 16.8 Å². The Hall–Kier alpha value is -2.47. The van der Waals surface area contributed by atoms with Gasteiger partial charge in [-0.3, -0.25) is 4.99 Å². The highest BCUT2D eigenvalue weighted by molar-refractivity contribution is 14.0.